The van der Waals surface area contributed by atoms with Gasteiger partial charge in [-0.05, 0) is 17.2 Å². The summed E-state index contributed by atoms with van der Waals surface area (Å²) in [5.74, 6) is 0.475. The summed E-state index contributed by atoms with van der Waals surface area (Å²) in [5, 5.41) is 5.59. The molecule has 0 N–H and O–H groups in total. The molecule has 0 radical (unpaired) electrons. The van der Waals surface area contributed by atoms with Gasteiger partial charge in [-0.2, -0.15) is 4.91 Å². The Bertz CT molecular complexity index is 407. The molecule has 1 aliphatic heterocycles. The van der Waals surface area contributed by atoms with E-state index in [9.17, 15) is 0 Å². The molecule has 1 heterocycles. The predicted octanol–water partition coefficient (Wildman–Crippen LogP) is 3.30. The first-order chi connectivity index (χ1) is 7.24. The van der Waals surface area contributed by atoms with Gasteiger partial charge in [-0.3, -0.25) is 0 Å². The Balaban J connectivity index is 2.41. The Hall–Kier alpha value is -1.67. The van der Waals surface area contributed by atoms with Gasteiger partial charge in [0.1, 0.15) is 11.7 Å². The molecular weight excluding hydrogens is 188 g/mol. The molecule has 0 amide bonds. The average molecular weight is 202 g/mol. The zero-order chi connectivity index (χ0) is 10.8. The molecule has 0 bridgehead atoms. The zero-order valence-electron chi connectivity index (χ0n) is 8.96. The van der Waals surface area contributed by atoms with E-state index in [1.54, 1.807) is 5.01 Å². The second-order valence-electron chi connectivity index (χ2n) is 4.17. The number of anilines is 1. The molecule has 0 saturated heterocycles. The number of para-hydroxylation sites is 1. The van der Waals surface area contributed by atoms with E-state index in [1.807, 2.05) is 18.2 Å². The fourth-order valence-electron chi connectivity index (χ4n) is 2.07. The van der Waals surface area contributed by atoms with Crippen molar-refractivity contribution in [2.75, 3.05) is 5.01 Å². The van der Waals surface area contributed by atoms with Crippen LogP contribution in [-0.4, -0.2) is 6.04 Å². The first-order valence-electron chi connectivity index (χ1n) is 5.16. The smallest absolute Gasteiger partial charge is 0.134 e. The average Bonchev–Trinajstić information content (AvgIpc) is 2.58. The van der Waals surface area contributed by atoms with E-state index in [0.717, 1.165) is 12.1 Å². The van der Waals surface area contributed by atoms with Crippen LogP contribution >= 0.6 is 0 Å². The van der Waals surface area contributed by atoms with Crippen LogP contribution in [-0.2, 0) is 6.42 Å². The van der Waals surface area contributed by atoms with Crippen molar-refractivity contribution in [2.24, 2.45) is 11.1 Å². The maximum Gasteiger partial charge on any atom is 0.134 e. The van der Waals surface area contributed by atoms with Crippen molar-refractivity contribution in [1.82, 2.24) is 0 Å². The first kappa shape index (κ1) is 9.87. The number of benzene rings is 1. The topological polar surface area (TPSA) is 52.0 Å². The Labute approximate surface area is 89.1 Å². The van der Waals surface area contributed by atoms with Gasteiger partial charge in [-0.1, -0.05) is 32.0 Å². The Morgan fingerprint density at radius 1 is 1.47 bits per heavy atom. The highest BCUT2D eigenvalue weighted by Gasteiger charge is 2.34. The summed E-state index contributed by atoms with van der Waals surface area (Å²) in [5.41, 5.74) is 10.9. The fraction of sp³-hybridized carbons (Fsp3) is 0.455. The van der Waals surface area contributed by atoms with E-state index < -0.39 is 0 Å². The van der Waals surface area contributed by atoms with Gasteiger partial charge in [-0.25, -0.2) is 5.01 Å². The monoisotopic (exact) mass is 202 g/mol. The molecule has 1 aliphatic rings. The van der Waals surface area contributed by atoms with Crippen LogP contribution in [0.2, 0.25) is 0 Å². The van der Waals surface area contributed by atoms with E-state index >= 15 is 0 Å². The van der Waals surface area contributed by atoms with Crippen molar-refractivity contribution in [3.05, 3.63) is 40.3 Å². The molecule has 4 nitrogen and oxygen atoms in total. The Morgan fingerprint density at radius 2 is 2.20 bits per heavy atom. The second-order valence-corrected chi connectivity index (χ2v) is 4.17. The van der Waals surface area contributed by atoms with Gasteiger partial charge in [0.25, 0.3) is 0 Å². The maximum atomic E-state index is 8.57. The zero-order valence-corrected chi connectivity index (χ0v) is 8.96. The lowest BCUT2D eigenvalue weighted by atomic mass is 10.0. The van der Waals surface area contributed by atoms with E-state index in [0.29, 0.717) is 12.0 Å². The van der Waals surface area contributed by atoms with E-state index in [2.05, 4.69) is 30.0 Å². The van der Waals surface area contributed by atoms with Crippen molar-refractivity contribution < 1.29 is 0 Å². The van der Waals surface area contributed by atoms with Gasteiger partial charge in [0, 0.05) is 12.0 Å². The normalized spacial score (nSPS) is 18.9. The van der Waals surface area contributed by atoms with Crippen LogP contribution < -0.4 is 5.01 Å². The quantitative estimate of drug-likeness (QED) is 0.412. The predicted molar refractivity (Wildman–Crippen MR) is 60.4 cm³/mol. The van der Waals surface area contributed by atoms with Gasteiger partial charge in [0.15, 0.2) is 0 Å². The molecular formula is C11H14N4. The van der Waals surface area contributed by atoms with Crippen molar-refractivity contribution in [2.45, 2.75) is 26.3 Å². The van der Waals surface area contributed by atoms with Crippen LogP contribution in [0.15, 0.2) is 29.5 Å². The highest BCUT2D eigenvalue weighted by atomic mass is 15.6. The summed E-state index contributed by atoms with van der Waals surface area (Å²) in [6, 6.07) is 8.39. The highest BCUT2D eigenvalue weighted by Crippen LogP contribution is 2.35. The second kappa shape index (κ2) is 3.83. The SMILES string of the molecule is CC(C)C1Cc2ccccc2N1N=[N+]=[N-]. The van der Waals surface area contributed by atoms with Crippen molar-refractivity contribution >= 4 is 5.69 Å². The van der Waals surface area contributed by atoms with Crippen LogP contribution in [0.3, 0.4) is 0 Å². The standard InChI is InChI=1S/C11H14N4/c1-8(2)11-7-9-5-3-4-6-10(9)15(11)14-13-12/h3-6,8,11H,7H2,1-2H3. The first-order valence-corrected chi connectivity index (χ1v) is 5.16. The third kappa shape index (κ3) is 1.64. The molecule has 78 valence electrons. The highest BCUT2D eigenvalue weighted by molar-refractivity contribution is 5.58. The minimum Gasteiger partial charge on any atom is -0.210 e. The number of rotatable bonds is 2. The molecule has 1 aromatic carbocycles. The van der Waals surface area contributed by atoms with Crippen LogP contribution in [0.5, 0.6) is 0 Å². The molecule has 1 aromatic rings. The lowest BCUT2D eigenvalue weighted by Gasteiger charge is -2.19. The summed E-state index contributed by atoms with van der Waals surface area (Å²) in [7, 11) is 0. The van der Waals surface area contributed by atoms with Crippen LogP contribution in [0, 0.1) is 5.92 Å². The summed E-state index contributed by atoms with van der Waals surface area (Å²) >= 11 is 0. The van der Waals surface area contributed by atoms with Crippen molar-refractivity contribution in [3.8, 4) is 0 Å². The molecule has 1 unspecified atom stereocenters. The molecule has 0 aromatic heterocycles. The van der Waals surface area contributed by atoms with Gasteiger partial charge in [0.05, 0.1) is 0 Å². The molecule has 0 aliphatic carbocycles. The lowest BCUT2D eigenvalue weighted by molar-refractivity contribution is 0.476. The number of azide groups is 1. The number of hydrogen-bond donors (Lipinski definition) is 0. The van der Waals surface area contributed by atoms with Crippen molar-refractivity contribution in [1.29, 1.82) is 0 Å². The number of hydrogen-bond acceptors (Lipinski definition) is 1. The fourth-order valence-corrected chi connectivity index (χ4v) is 2.07. The van der Waals surface area contributed by atoms with Crippen LogP contribution in [0.4, 0.5) is 5.69 Å². The van der Waals surface area contributed by atoms with Gasteiger partial charge >= 0.3 is 0 Å². The molecule has 2 rings (SSSR count). The molecule has 1 atom stereocenters. The maximum absolute atomic E-state index is 8.57. The van der Waals surface area contributed by atoms with E-state index in [1.165, 1.54) is 5.56 Å². The minimum absolute atomic E-state index is 0.290. The summed E-state index contributed by atoms with van der Waals surface area (Å²) < 4.78 is 0. The number of fused-ring (bicyclic) bond motifs is 1. The van der Waals surface area contributed by atoms with Gasteiger partial charge < -0.3 is 0 Å². The third-order valence-corrected chi connectivity index (χ3v) is 2.89. The van der Waals surface area contributed by atoms with Crippen LogP contribution in [0.25, 0.3) is 10.4 Å². The van der Waals surface area contributed by atoms with E-state index in [-0.39, 0.29) is 0 Å². The summed E-state index contributed by atoms with van der Waals surface area (Å²) in [6.07, 6.45) is 0.965. The Morgan fingerprint density at radius 3 is 2.87 bits per heavy atom. The Kier molecular flexibility index (Phi) is 2.52. The molecule has 4 heteroatoms. The summed E-state index contributed by atoms with van der Waals surface area (Å²) in [6.45, 7) is 4.30. The summed E-state index contributed by atoms with van der Waals surface area (Å²) in [4.78, 5) is 2.90. The van der Waals surface area contributed by atoms with E-state index in [4.69, 9.17) is 5.53 Å². The van der Waals surface area contributed by atoms with Gasteiger partial charge in [0.2, 0.25) is 0 Å². The molecule has 15 heavy (non-hydrogen) atoms. The van der Waals surface area contributed by atoms with Crippen LogP contribution in [0.1, 0.15) is 19.4 Å². The van der Waals surface area contributed by atoms with Crippen molar-refractivity contribution in [3.63, 3.8) is 0 Å². The third-order valence-electron chi connectivity index (χ3n) is 2.89. The van der Waals surface area contributed by atoms with Gasteiger partial charge in [-0.15, -0.1) is 5.53 Å². The minimum atomic E-state index is 0.290. The number of nitrogens with zero attached hydrogens (tertiary/aromatic N) is 4. The molecule has 0 saturated carbocycles. The molecule has 0 fully saturated rings. The molecule has 0 spiro atoms. The largest absolute Gasteiger partial charge is 0.210 e. The lowest BCUT2D eigenvalue weighted by Crippen LogP contribution is -2.31.